The average Bonchev–Trinajstić information content (AvgIpc) is 2.40. The molecular weight excluding hydrogens is 212 g/mol. The predicted molar refractivity (Wildman–Crippen MR) is 69.6 cm³/mol. The molecule has 0 heterocycles. The van der Waals surface area contributed by atoms with Crippen LogP contribution in [0, 0.1) is 0 Å². The minimum atomic E-state index is 0.0696. The van der Waals surface area contributed by atoms with Crippen molar-refractivity contribution in [3.8, 4) is 11.1 Å². The van der Waals surface area contributed by atoms with Crippen molar-refractivity contribution in [2.75, 3.05) is 0 Å². The van der Waals surface area contributed by atoms with Crippen molar-refractivity contribution in [3.05, 3.63) is 59.7 Å². The van der Waals surface area contributed by atoms with Gasteiger partial charge in [-0.05, 0) is 28.3 Å². The van der Waals surface area contributed by atoms with Crippen molar-refractivity contribution in [2.45, 2.75) is 6.61 Å². The number of hydrogen-bond donors (Lipinski definition) is 2. The lowest BCUT2D eigenvalue weighted by Crippen LogP contribution is -1.88. The minimum Gasteiger partial charge on any atom is -0.392 e. The highest BCUT2D eigenvalue weighted by Gasteiger charge is 1.98. The number of aliphatic hydroxyl groups excluding tert-OH is 1. The average molecular weight is 226 g/mol. The Balaban J connectivity index is 2.34. The van der Waals surface area contributed by atoms with Gasteiger partial charge >= 0.3 is 0 Å². The Morgan fingerprint density at radius 2 is 1.82 bits per heavy atom. The zero-order valence-electron chi connectivity index (χ0n) is 9.38. The second-order valence-corrected chi connectivity index (χ2v) is 3.76. The maximum absolute atomic E-state index is 8.98. The fourth-order valence-corrected chi connectivity index (χ4v) is 1.69. The predicted octanol–water partition coefficient (Wildman–Crippen LogP) is 2.14. The van der Waals surface area contributed by atoms with E-state index in [4.69, 9.17) is 10.9 Å². The molecular formula is C14H14N2O. The molecule has 0 fully saturated rings. The van der Waals surface area contributed by atoms with E-state index in [1.807, 2.05) is 48.5 Å². The number of hydrogen-bond acceptors (Lipinski definition) is 3. The van der Waals surface area contributed by atoms with E-state index in [0.29, 0.717) is 0 Å². The van der Waals surface area contributed by atoms with Crippen LogP contribution in [0.5, 0.6) is 0 Å². The summed E-state index contributed by atoms with van der Waals surface area (Å²) in [6.45, 7) is 0.0696. The van der Waals surface area contributed by atoms with Crippen molar-refractivity contribution >= 4 is 6.21 Å². The lowest BCUT2D eigenvalue weighted by atomic mass is 10.0. The monoisotopic (exact) mass is 226 g/mol. The zero-order chi connectivity index (χ0) is 12.1. The third-order valence-corrected chi connectivity index (χ3v) is 2.58. The summed E-state index contributed by atoms with van der Waals surface area (Å²) in [5.41, 5.74) is 4.09. The summed E-state index contributed by atoms with van der Waals surface area (Å²) in [4.78, 5) is 0. The second-order valence-electron chi connectivity index (χ2n) is 3.76. The molecule has 2 aromatic rings. The first-order valence-corrected chi connectivity index (χ1v) is 5.37. The summed E-state index contributed by atoms with van der Waals surface area (Å²) in [6, 6.07) is 15.8. The third-order valence-electron chi connectivity index (χ3n) is 2.58. The highest BCUT2D eigenvalue weighted by atomic mass is 16.3. The van der Waals surface area contributed by atoms with Gasteiger partial charge in [0, 0.05) is 0 Å². The molecule has 0 saturated carbocycles. The SMILES string of the molecule is NN=Cc1cccc(-c2ccc(CO)cc2)c1. The number of benzene rings is 2. The maximum Gasteiger partial charge on any atom is 0.0681 e. The first-order valence-electron chi connectivity index (χ1n) is 5.37. The largest absolute Gasteiger partial charge is 0.392 e. The van der Waals surface area contributed by atoms with Crippen LogP contribution in [-0.2, 0) is 6.61 Å². The summed E-state index contributed by atoms with van der Waals surface area (Å²) in [6.07, 6.45) is 1.62. The molecule has 2 aromatic carbocycles. The van der Waals surface area contributed by atoms with Gasteiger partial charge in [-0.15, -0.1) is 0 Å². The number of nitrogens with two attached hydrogens (primary N) is 1. The van der Waals surface area contributed by atoms with Gasteiger partial charge in [-0.3, -0.25) is 0 Å². The van der Waals surface area contributed by atoms with Crippen molar-refractivity contribution in [3.63, 3.8) is 0 Å². The molecule has 0 radical (unpaired) electrons. The summed E-state index contributed by atoms with van der Waals surface area (Å²) in [5, 5.41) is 12.5. The quantitative estimate of drug-likeness (QED) is 0.478. The van der Waals surface area contributed by atoms with Crippen molar-refractivity contribution in [2.24, 2.45) is 10.9 Å². The van der Waals surface area contributed by atoms with Gasteiger partial charge in [-0.25, -0.2) is 0 Å². The van der Waals surface area contributed by atoms with Crippen molar-refractivity contribution < 1.29 is 5.11 Å². The highest BCUT2D eigenvalue weighted by molar-refractivity contribution is 5.82. The molecule has 0 spiro atoms. The Morgan fingerprint density at radius 3 is 2.47 bits per heavy atom. The number of rotatable bonds is 3. The Bertz CT molecular complexity index is 518. The van der Waals surface area contributed by atoms with Crippen LogP contribution in [0.3, 0.4) is 0 Å². The molecule has 0 saturated heterocycles. The van der Waals surface area contributed by atoms with Gasteiger partial charge in [-0.2, -0.15) is 5.10 Å². The van der Waals surface area contributed by atoms with E-state index >= 15 is 0 Å². The number of nitrogens with zero attached hydrogens (tertiary/aromatic N) is 1. The van der Waals surface area contributed by atoms with Gasteiger partial charge in [0.15, 0.2) is 0 Å². The normalized spacial score (nSPS) is 10.9. The van der Waals surface area contributed by atoms with Gasteiger partial charge in [0.1, 0.15) is 0 Å². The molecule has 3 N–H and O–H groups in total. The van der Waals surface area contributed by atoms with Crippen LogP contribution in [0.25, 0.3) is 11.1 Å². The van der Waals surface area contributed by atoms with E-state index in [2.05, 4.69) is 5.10 Å². The molecule has 2 rings (SSSR count). The molecule has 0 unspecified atom stereocenters. The Labute approximate surface area is 100 Å². The van der Waals surface area contributed by atoms with E-state index in [0.717, 1.165) is 22.3 Å². The summed E-state index contributed by atoms with van der Waals surface area (Å²) in [7, 11) is 0. The minimum absolute atomic E-state index is 0.0696. The molecule has 17 heavy (non-hydrogen) atoms. The van der Waals surface area contributed by atoms with Crippen LogP contribution in [-0.4, -0.2) is 11.3 Å². The van der Waals surface area contributed by atoms with Crippen LogP contribution in [0.15, 0.2) is 53.6 Å². The molecule has 0 aliphatic carbocycles. The van der Waals surface area contributed by atoms with Crippen LogP contribution >= 0.6 is 0 Å². The molecule has 3 heteroatoms. The number of hydrazone groups is 1. The van der Waals surface area contributed by atoms with Crippen molar-refractivity contribution in [1.82, 2.24) is 0 Å². The second kappa shape index (κ2) is 5.27. The standard InChI is InChI=1S/C14H14N2O/c15-16-9-12-2-1-3-14(8-12)13-6-4-11(10-17)5-7-13/h1-9,17H,10,15H2. The molecule has 86 valence electrons. The van der Waals surface area contributed by atoms with E-state index in [1.54, 1.807) is 6.21 Å². The summed E-state index contributed by atoms with van der Waals surface area (Å²) in [5.74, 6) is 5.13. The molecule has 3 nitrogen and oxygen atoms in total. The van der Waals surface area contributed by atoms with Crippen LogP contribution in [0.1, 0.15) is 11.1 Å². The van der Waals surface area contributed by atoms with E-state index in [9.17, 15) is 0 Å². The van der Waals surface area contributed by atoms with Gasteiger partial charge < -0.3 is 10.9 Å². The van der Waals surface area contributed by atoms with Gasteiger partial charge in [0.05, 0.1) is 12.8 Å². The van der Waals surface area contributed by atoms with Gasteiger partial charge in [-0.1, -0.05) is 42.5 Å². The fraction of sp³-hybridized carbons (Fsp3) is 0.0714. The molecule has 0 aromatic heterocycles. The lowest BCUT2D eigenvalue weighted by molar-refractivity contribution is 0.282. The smallest absolute Gasteiger partial charge is 0.0681 e. The third kappa shape index (κ3) is 2.71. The zero-order valence-corrected chi connectivity index (χ0v) is 9.38. The lowest BCUT2D eigenvalue weighted by Gasteiger charge is -2.04. The Hall–Kier alpha value is -2.13. The highest BCUT2D eigenvalue weighted by Crippen LogP contribution is 2.20. The topological polar surface area (TPSA) is 58.6 Å². The fourth-order valence-electron chi connectivity index (χ4n) is 1.69. The van der Waals surface area contributed by atoms with Crippen LogP contribution in [0.2, 0.25) is 0 Å². The summed E-state index contributed by atoms with van der Waals surface area (Å²) < 4.78 is 0. The Kier molecular flexibility index (Phi) is 3.52. The molecule has 0 aliphatic heterocycles. The van der Waals surface area contributed by atoms with E-state index < -0.39 is 0 Å². The van der Waals surface area contributed by atoms with Crippen LogP contribution < -0.4 is 5.84 Å². The maximum atomic E-state index is 8.98. The first kappa shape index (κ1) is 11.4. The molecule has 0 aliphatic rings. The van der Waals surface area contributed by atoms with E-state index in [1.165, 1.54) is 0 Å². The summed E-state index contributed by atoms with van der Waals surface area (Å²) >= 11 is 0. The Morgan fingerprint density at radius 1 is 1.06 bits per heavy atom. The van der Waals surface area contributed by atoms with Gasteiger partial charge in [0.2, 0.25) is 0 Å². The first-order chi connectivity index (χ1) is 8.33. The number of aliphatic hydroxyl groups is 1. The van der Waals surface area contributed by atoms with Gasteiger partial charge in [0.25, 0.3) is 0 Å². The molecule has 0 amide bonds. The molecule has 0 bridgehead atoms. The van der Waals surface area contributed by atoms with E-state index in [-0.39, 0.29) is 6.61 Å². The van der Waals surface area contributed by atoms with Crippen molar-refractivity contribution in [1.29, 1.82) is 0 Å². The van der Waals surface area contributed by atoms with Crippen LogP contribution in [0.4, 0.5) is 0 Å². The molecule has 0 atom stereocenters.